The minimum absolute atomic E-state index is 0.0359. The monoisotopic (exact) mass is 279 g/mol. The average molecular weight is 279 g/mol. The van der Waals surface area contributed by atoms with Gasteiger partial charge in [0.2, 0.25) is 0 Å². The van der Waals surface area contributed by atoms with E-state index in [-0.39, 0.29) is 17.3 Å². The molecule has 1 aromatic carbocycles. The molecule has 1 aliphatic heterocycles. The molecule has 0 aromatic heterocycles. The summed E-state index contributed by atoms with van der Waals surface area (Å²) in [6, 6.07) is 2.81. The third-order valence-electron chi connectivity index (χ3n) is 3.36. The van der Waals surface area contributed by atoms with Gasteiger partial charge in [-0.3, -0.25) is 10.1 Å². The predicted molar refractivity (Wildman–Crippen MR) is 71.9 cm³/mol. The Bertz CT molecular complexity index is 598. The Morgan fingerprint density at radius 3 is 2.95 bits per heavy atom. The van der Waals surface area contributed by atoms with Crippen LogP contribution >= 0.6 is 0 Å². The van der Waals surface area contributed by atoms with Crippen molar-refractivity contribution in [2.45, 2.75) is 13.0 Å². The lowest BCUT2D eigenvalue weighted by Crippen LogP contribution is -2.50. The largest absolute Gasteiger partial charge is 0.391 e. The molecule has 1 aromatic rings. The number of benzene rings is 1. The van der Waals surface area contributed by atoms with E-state index in [1.807, 2.05) is 13.0 Å². The predicted octanol–water partition coefficient (Wildman–Crippen LogP) is 0.986. The number of anilines is 2. The molecule has 1 heterocycles. The molecule has 1 fully saturated rings. The first-order valence-electron chi connectivity index (χ1n) is 6.11. The smallest absolute Gasteiger partial charge is 0.296 e. The van der Waals surface area contributed by atoms with E-state index in [9.17, 15) is 14.5 Å². The number of nitro benzene ring substituents is 1. The van der Waals surface area contributed by atoms with Crippen LogP contribution in [0.1, 0.15) is 12.5 Å². The quantitative estimate of drug-likeness (QED) is 0.474. The van der Waals surface area contributed by atoms with Crippen LogP contribution in [0.4, 0.5) is 21.5 Å². The molecule has 0 spiro atoms. The molecule has 1 atom stereocenters. The summed E-state index contributed by atoms with van der Waals surface area (Å²) < 4.78 is 14.4. The van der Waals surface area contributed by atoms with Gasteiger partial charge in [-0.15, -0.1) is 0 Å². The molecular formula is C12H14FN5O2. The van der Waals surface area contributed by atoms with Crippen molar-refractivity contribution in [1.82, 2.24) is 5.32 Å². The number of nitrogens with one attached hydrogen (secondary N) is 1. The number of rotatable bonds is 2. The first-order valence-corrected chi connectivity index (χ1v) is 6.11. The van der Waals surface area contributed by atoms with Crippen LogP contribution in [0.2, 0.25) is 0 Å². The van der Waals surface area contributed by atoms with Gasteiger partial charge in [0, 0.05) is 31.7 Å². The first-order chi connectivity index (χ1) is 9.47. The zero-order valence-corrected chi connectivity index (χ0v) is 10.9. The first kappa shape index (κ1) is 14.0. The molecule has 1 saturated heterocycles. The fraction of sp³-hybridized carbons (Fsp3) is 0.417. The van der Waals surface area contributed by atoms with E-state index in [4.69, 9.17) is 11.0 Å². The molecule has 1 unspecified atom stereocenters. The molecule has 0 aliphatic carbocycles. The van der Waals surface area contributed by atoms with Crippen LogP contribution in [0.3, 0.4) is 0 Å². The molecule has 0 amide bonds. The summed E-state index contributed by atoms with van der Waals surface area (Å²) in [6.07, 6.45) is 0. The van der Waals surface area contributed by atoms with Gasteiger partial charge in [-0.2, -0.15) is 5.26 Å². The second-order valence-corrected chi connectivity index (χ2v) is 4.63. The van der Waals surface area contributed by atoms with Crippen molar-refractivity contribution >= 4 is 17.1 Å². The molecule has 2 rings (SSSR count). The maximum absolute atomic E-state index is 14.4. The van der Waals surface area contributed by atoms with E-state index in [0.29, 0.717) is 19.6 Å². The molecule has 8 heteroatoms. The lowest BCUT2D eigenvalue weighted by molar-refractivity contribution is -0.384. The van der Waals surface area contributed by atoms with Gasteiger partial charge < -0.3 is 16.0 Å². The Balaban J connectivity index is 2.61. The summed E-state index contributed by atoms with van der Waals surface area (Å²) >= 11 is 0. The normalized spacial score (nSPS) is 18.6. The molecule has 7 nitrogen and oxygen atoms in total. The van der Waals surface area contributed by atoms with Crippen LogP contribution in [0, 0.1) is 27.3 Å². The van der Waals surface area contributed by atoms with E-state index < -0.39 is 22.1 Å². The second-order valence-electron chi connectivity index (χ2n) is 4.63. The Morgan fingerprint density at radius 1 is 1.70 bits per heavy atom. The van der Waals surface area contributed by atoms with Crippen LogP contribution in [0.15, 0.2) is 6.07 Å². The van der Waals surface area contributed by atoms with Crippen LogP contribution in [0.5, 0.6) is 0 Å². The van der Waals surface area contributed by atoms with Crippen molar-refractivity contribution in [3.63, 3.8) is 0 Å². The Kier molecular flexibility index (Phi) is 3.72. The Hall–Kier alpha value is -2.40. The average Bonchev–Trinajstić information content (AvgIpc) is 2.42. The second kappa shape index (κ2) is 5.30. The van der Waals surface area contributed by atoms with Crippen LogP contribution in [-0.2, 0) is 0 Å². The lowest BCUT2D eigenvalue weighted by atomic mass is 10.1. The number of nitrogen functional groups attached to an aromatic ring is 1. The number of hydrogen-bond acceptors (Lipinski definition) is 6. The number of halogens is 1. The van der Waals surface area contributed by atoms with Crippen LogP contribution in [0.25, 0.3) is 0 Å². The van der Waals surface area contributed by atoms with Gasteiger partial charge in [-0.1, -0.05) is 0 Å². The van der Waals surface area contributed by atoms with Gasteiger partial charge >= 0.3 is 0 Å². The van der Waals surface area contributed by atoms with E-state index in [1.165, 1.54) is 0 Å². The third-order valence-corrected chi connectivity index (χ3v) is 3.36. The van der Waals surface area contributed by atoms with Crippen LogP contribution in [-0.4, -0.2) is 30.6 Å². The van der Waals surface area contributed by atoms with Crippen LogP contribution < -0.4 is 16.0 Å². The SMILES string of the molecule is CC1CNCCN1c1c(C#N)cc([N+](=O)[O-])c(N)c1F. The summed E-state index contributed by atoms with van der Waals surface area (Å²) in [5.41, 5.74) is 4.35. The highest BCUT2D eigenvalue weighted by Gasteiger charge is 2.29. The summed E-state index contributed by atoms with van der Waals surface area (Å²) in [7, 11) is 0. The third kappa shape index (κ3) is 2.23. The van der Waals surface area contributed by atoms with E-state index in [2.05, 4.69) is 5.32 Å². The van der Waals surface area contributed by atoms with E-state index >= 15 is 0 Å². The number of nitriles is 1. The van der Waals surface area contributed by atoms with Crippen molar-refractivity contribution < 1.29 is 9.31 Å². The highest BCUT2D eigenvalue weighted by atomic mass is 19.1. The molecule has 0 radical (unpaired) electrons. The molecular weight excluding hydrogens is 265 g/mol. The molecule has 1 aliphatic rings. The van der Waals surface area contributed by atoms with Crippen molar-refractivity contribution in [1.29, 1.82) is 5.26 Å². The summed E-state index contributed by atoms with van der Waals surface area (Å²) in [5.74, 6) is -0.899. The van der Waals surface area contributed by atoms with Crippen molar-refractivity contribution in [3.05, 3.63) is 27.6 Å². The Labute approximate surface area is 114 Å². The highest BCUT2D eigenvalue weighted by Crippen LogP contribution is 2.36. The minimum atomic E-state index is -0.899. The van der Waals surface area contributed by atoms with Gasteiger partial charge in [0.05, 0.1) is 16.2 Å². The summed E-state index contributed by atoms with van der Waals surface area (Å²) in [6.45, 7) is 3.67. The summed E-state index contributed by atoms with van der Waals surface area (Å²) in [4.78, 5) is 11.7. The zero-order chi connectivity index (χ0) is 14.9. The van der Waals surface area contributed by atoms with Gasteiger partial charge in [0.15, 0.2) is 5.82 Å². The number of nitrogens with zero attached hydrogens (tertiary/aromatic N) is 3. The molecule has 20 heavy (non-hydrogen) atoms. The molecule has 106 valence electrons. The number of piperazine rings is 1. The molecule has 3 N–H and O–H groups in total. The number of nitro groups is 1. The number of nitrogens with two attached hydrogens (primary N) is 1. The zero-order valence-electron chi connectivity index (χ0n) is 10.9. The van der Waals surface area contributed by atoms with E-state index in [1.54, 1.807) is 4.90 Å². The fourth-order valence-corrected chi connectivity index (χ4v) is 2.33. The number of hydrogen-bond donors (Lipinski definition) is 2. The highest BCUT2D eigenvalue weighted by molar-refractivity contribution is 5.74. The lowest BCUT2D eigenvalue weighted by Gasteiger charge is -2.36. The molecule has 0 bridgehead atoms. The minimum Gasteiger partial charge on any atom is -0.391 e. The summed E-state index contributed by atoms with van der Waals surface area (Å²) in [5, 5.41) is 23.1. The van der Waals surface area contributed by atoms with Gasteiger partial charge in [0.25, 0.3) is 5.69 Å². The van der Waals surface area contributed by atoms with Crippen molar-refractivity contribution in [3.8, 4) is 6.07 Å². The van der Waals surface area contributed by atoms with Gasteiger partial charge in [-0.05, 0) is 6.92 Å². The van der Waals surface area contributed by atoms with E-state index in [0.717, 1.165) is 6.07 Å². The van der Waals surface area contributed by atoms with Gasteiger partial charge in [0.1, 0.15) is 11.8 Å². The molecule has 0 saturated carbocycles. The maximum atomic E-state index is 14.4. The van der Waals surface area contributed by atoms with Crippen molar-refractivity contribution in [2.24, 2.45) is 0 Å². The van der Waals surface area contributed by atoms with Gasteiger partial charge in [-0.25, -0.2) is 4.39 Å². The topological polar surface area (TPSA) is 108 Å². The standard InChI is InChI=1S/C12H14FN5O2/c1-7-6-16-2-3-17(7)12-8(5-14)4-9(18(19)20)11(15)10(12)13/h4,7,16H,2-3,6,15H2,1H3. The Morgan fingerprint density at radius 2 is 2.40 bits per heavy atom. The fourth-order valence-electron chi connectivity index (χ4n) is 2.33. The maximum Gasteiger partial charge on any atom is 0.296 e. The van der Waals surface area contributed by atoms with Crippen molar-refractivity contribution in [2.75, 3.05) is 30.3 Å².